The van der Waals surface area contributed by atoms with Crippen LogP contribution in [0.25, 0.3) is 0 Å². The predicted octanol–water partition coefficient (Wildman–Crippen LogP) is 3.32. The summed E-state index contributed by atoms with van der Waals surface area (Å²) in [6.07, 6.45) is 2.10. The number of nitrogens with one attached hydrogen (secondary N) is 1. The minimum atomic E-state index is -3.64. The zero-order valence-electron chi connectivity index (χ0n) is 23.5. The Bertz CT molecular complexity index is 1680. The van der Waals surface area contributed by atoms with Crippen molar-refractivity contribution in [3.8, 4) is 17.2 Å². The molecule has 2 heterocycles. The second-order valence-electron chi connectivity index (χ2n) is 11.0. The number of allylic oxidation sites excluding steroid dienone is 4. The van der Waals surface area contributed by atoms with Crippen LogP contribution in [-0.4, -0.2) is 59.4 Å². The molecular weight excluding hydrogens is 548 g/mol. The van der Waals surface area contributed by atoms with E-state index in [9.17, 15) is 33.0 Å². The van der Waals surface area contributed by atoms with Gasteiger partial charge in [0.2, 0.25) is 10.0 Å². The van der Waals surface area contributed by atoms with Gasteiger partial charge in [0.25, 0.3) is 0 Å². The number of hydrogen-bond donors (Lipinski definition) is 3. The van der Waals surface area contributed by atoms with Crippen LogP contribution in [0.3, 0.4) is 0 Å². The number of piperidine rings is 1. The van der Waals surface area contributed by atoms with E-state index in [0.717, 1.165) is 5.56 Å². The van der Waals surface area contributed by atoms with Crippen LogP contribution in [0.2, 0.25) is 0 Å². The molecule has 0 aromatic heterocycles. The monoisotopic (exact) mass is 580 g/mol. The van der Waals surface area contributed by atoms with E-state index in [0.29, 0.717) is 18.5 Å². The lowest BCUT2D eigenvalue weighted by molar-refractivity contribution is -0.123. The Morgan fingerprint density at radius 2 is 1.66 bits per heavy atom. The number of aromatic hydroxyl groups is 2. The Kier molecular flexibility index (Phi) is 6.86. The molecule has 0 saturated carbocycles. The third-order valence-electron chi connectivity index (χ3n) is 8.29. The van der Waals surface area contributed by atoms with Crippen molar-refractivity contribution in [1.29, 1.82) is 0 Å². The Morgan fingerprint density at radius 1 is 1.05 bits per heavy atom. The SMILES string of the molecule is CC(=O)c1c(O)c(C)c(O)c2c1OC1=CC(=O)C(=C(C)NC3CCN(S(=O)(=O)c4ccc(C)cc4)CC3)C(=O)[C@@]12C. The number of Topliss-reactive ketones (excluding diaryl/α,β-unsaturated/α-hetero) is 2. The van der Waals surface area contributed by atoms with Crippen LogP contribution in [0.1, 0.15) is 60.7 Å². The summed E-state index contributed by atoms with van der Waals surface area (Å²) in [5.74, 6) is -2.73. The number of ketones is 3. The van der Waals surface area contributed by atoms with Gasteiger partial charge in [-0.1, -0.05) is 17.7 Å². The fourth-order valence-electron chi connectivity index (χ4n) is 5.84. The van der Waals surface area contributed by atoms with E-state index in [2.05, 4.69) is 5.32 Å². The third kappa shape index (κ3) is 4.34. The summed E-state index contributed by atoms with van der Waals surface area (Å²) < 4.78 is 33.4. The number of phenols is 2. The molecule has 2 aromatic carbocycles. The van der Waals surface area contributed by atoms with Crippen molar-refractivity contribution in [2.24, 2.45) is 0 Å². The smallest absolute Gasteiger partial charge is 0.243 e. The Hall–Kier alpha value is -3.96. The predicted molar refractivity (Wildman–Crippen MR) is 149 cm³/mol. The summed E-state index contributed by atoms with van der Waals surface area (Å²) in [5.41, 5.74) is -0.532. The molecule has 1 aliphatic carbocycles. The molecule has 5 rings (SSSR count). The largest absolute Gasteiger partial charge is 0.507 e. The minimum absolute atomic E-state index is 0.0254. The maximum atomic E-state index is 14.0. The lowest BCUT2D eigenvalue weighted by Gasteiger charge is -2.33. The third-order valence-corrected chi connectivity index (χ3v) is 10.2. The van der Waals surface area contributed by atoms with Gasteiger partial charge in [-0.25, -0.2) is 8.42 Å². The number of benzene rings is 2. The number of fused-ring (bicyclic) bond motifs is 3. The van der Waals surface area contributed by atoms with Gasteiger partial charge < -0.3 is 20.3 Å². The molecule has 11 heteroatoms. The molecule has 1 saturated heterocycles. The average Bonchev–Trinajstić information content (AvgIpc) is 3.20. The topological polar surface area (TPSA) is 150 Å². The van der Waals surface area contributed by atoms with Gasteiger partial charge in [0, 0.05) is 36.5 Å². The summed E-state index contributed by atoms with van der Waals surface area (Å²) in [5, 5.41) is 24.7. The average molecular weight is 581 g/mol. The summed E-state index contributed by atoms with van der Waals surface area (Å²) in [7, 11) is -3.64. The molecule has 10 nitrogen and oxygen atoms in total. The molecule has 0 radical (unpaired) electrons. The number of carbonyl (C=O) groups excluding carboxylic acids is 3. The van der Waals surface area contributed by atoms with Crippen molar-refractivity contribution >= 4 is 27.4 Å². The second kappa shape index (κ2) is 9.85. The molecule has 3 N–H and O–H groups in total. The van der Waals surface area contributed by atoms with E-state index in [-0.39, 0.29) is 63.5 Å². The summed E-state index contributed by atoms with van der Waals surface area (Å²) >= 11 is 0. The van der Waals surface area contributed by atoms with Crippen LogP contribution in [0.15, 0.2) is 52.3 Å². The molecule has 1 fully saturated rings. The van der Waals surface area contributed by atoms with Crippen LogP contribution < -0.4 is 10.1 Å². The first-order valence-corrected chi connectivity index (χ1v) is 14.8. The number of rotatable bonds is 5. The van der Waals surface area contributed by atoms with Crippen molar-refractivity contribution < 1.29 is 37.8 Å². The number of carbonyl (C=O) groups is 3. The Labute approximate surface area is 238 Å². The number of phenolic OH excluding ortho intramolecular Hbond substituents is 2. The molecule has 0 spiro atoms. The normalized spacial score (nSPS) is 22.5. The highest BCUT2D eigenvalue weighted by atomic mass is 32.2. The van der Waals surface area contributed by atoms with Crippen molar-refractivity contribution in [1.82, 2.24) is 9.62 Å². The van der Waals surface area contributed by atoms with Gasteiger partial charge in [0.05, 0.1) is 16.0 Å². The maximum Gasteiger partial charge on any atom is 0.243 e. The van der Waals surface area contributed by atoms with Crippen LogP contribution in [0, 0.1) is 13.8 Å². The standard InChI is InChI=1S/C30H32N2O8S/c1-15-6-8-20(9-7-15)41(38,39)32-12-10-19(11-13-32)31-17(3)23-21(34)14-22-30(5,29(23)37)25-27(36)16(2)26(35)24(18(4)33)28(25)40-22/h6-9,14,19,31,35-36H,10-13H2,1-5H3/t30-/m0/s1. The van der Waals surface area contributed by atoms with Crippen molar-refractivity contribution in [2.45, 2.75) is 63.8 Å². The van der Waals surface area contributed by atoms with Gasteiger partial charge in [0.15, 0.2) is 17.3 Å². The number of aryl methyl sites for hydroxylation is 1. The van der Waals surface area contributed by atoms with Crippen molar-refractivity contribution in [3.05, 3.63) is 69.6 Å². The molecule has 0 amide bonds. The van der Waals surface area contributed by atoms with E-state index in [1.807, 2.05) is 6.92 Å². The Balaban J connectivity index is 1.41. The summed E-state index contributed by atoms with van der Waals surface area (Å²) in [6, 6.07) is 6.52. The first-order chi connectivity index (χ1) is 19.2. The molecule has 2 aliphatic heterocycles. The van der Waals surface area contributed by atoms with E-state index < -0.39 is 38.5 Å². The molecule has 216 valence electrons. The van der Waals surface area contributed by atoms with Crippen molar-refractivity contribution in [3.63, 3.8) is 0 Å². The van der Waals surface area contributed by atoms with Gasteiger partial charge in [-0.15, -0.1) is 0 Å². The van der Waals surface area contributed by atoms with Gasteiger partial charge in [-0.05, 0) is 59.6 Å². The van der Waals surface area contributed by atoms with E-state index in [4.69, 9.17) is 4.74 Å². The molecule has 41 heavy (non-hydrogen) atoms. The van der Waals surface area contributed by atoms with E-state index >= 15 is 0 Å². The molecule has 3 aliphatic rings. The number of sulfonamides is 1. The van der Waals surface area contributed by atoms with Crippen molar-refractivity contribution in [2.75, 3.05) is 13.1 Å². The highest BCUT2D eigenvalue weighted by Crippen LogP contribution is 2.57. The van der Waals surface area contributed by atoms with Gasteiger partial charge in [0.1, 0.15) is 34.0 Å². The molecule has 0 bridgehead atoms. The zero-order chi connectivity index (χ0) is 30.0. The second-order valence-corrected chi connectivity index (χ2v) is 13.0. The molecule has 1 atom stereocenters. The van der Waals surface area contributed by atoms with Crippen LogP contribution in [0.5, 0.6) is 17.2 Å². The van der Waals surface area contributed by atoms with Crippen LogP contribution in [0.4, 0.5) is 0 Å². The quantitative estimate of drug-likeness (QED) is 0.275. The van der Waals surface area contributed by atoms with Crippen LogP contribution in [-0.2, 0) is 25.0 Å². The van der Waals surface area contributed by atoms with E-state index in [1.54, 1.807) is 31.2 Å². The fourth-order valence-corrected chi connectivity index (χ4v) is 7.31. The summed E-state index contributed by atoms with van der Waals surface area (Å²) in [4.78, 5) is 39.8. The highest BCUT2D eigenvalue weighted by molar-refractivity contribution is 7.89. The number of nitrogens with zero attached hydrogens (tertiary/aromatic N) is 1. The first-order valence-electron chi connectivity index (χ1n) is 13.3. The van der Waals surface area contributed by atoms with Crippen LogP contribution >= 0.6 is 0 Å². The molecular formula is C30H32N2O8S. The number of ether oxygens (including phenoxy) is 1. The Morgan fingerprint density at radius 3 is 2.24 bits per heavy atom. The van der Waals surface area contributed by atoms with Gasteiger partial charge in [-0.3, -0.25) is 14.4 Å². The molecule has 2 aromatic rings. The zero-order valence-corrected chi connectivity index (χ0v) is 24.3. The maximum absolute atomic E-state index is 14.0. The first kappa shape index (κ1) is 28.6. The summed E-state index contributed by atoms with van der Waals surface area (Å²) in [6.45, 7) is 8.22. The van der Waals surface area contributed by atoms with Gasteiger partial charge in [-0.2, -0.15) is 4.31 Å². The lowest BCUT2D eigenvalue weighted by atomic mass is 9.70. The fraction of sp³-hybridized carbons (Fsp3) is 0.367. The lowest BCUT2D eigenvalue weighted by Crippen LogP contribution is -2.46. The number of hydrogen-bond acceptors (Lipinski definition) is 9. The minimum Gasteiger partial charge on any atom is -0.507 e. The molecule has 0 unspecified atom stereocenters. The van der Waals surface area contributed by atoms with E-state index in [1.165, 1.54) is 31.2 Å². The highest BCUT2D eigenvalue weighted by Gasteiger charge is 2.56. The van der Waals surface area contributed by atoms with Gasteiger partial charge >= 0.3 is 0 Å².